The second-order valence-electron chi connectivity index (χ2n) is 4.52. The molecule has 0 saturated carbocycles. The molecule has 0 heterocycles. The first kappa shape index (κ1) is 17.6. The number of aliphatic hydroxyl groups is 1. The lowest BCUT2D eigenvalue weighted by Gasteiger charge is -1.99. The van der Waals surface area contributed by atoms with Crippen LogP contribution in [-0.4, -0.2) is 22.3 Å². The van der Waals surface area contributed by atoms with Gasteiger partial charge in [-0.1, -0.05) is 56.2 Å². The van der Waals surface area contributed by atoms with Crippen LogP contribution in [0.15, 0.2) is 36.5 Å². The Labute approximate surface area is 116 Å². The number of aliphatic carboxylic acids is 1. The highest BCUT2D eigenvalue weighted by Crippen LogP contribution is 2.02. The molecule has 0 aromatic rings. The summed E-state index contributed by atoms with van der Waals surface area (Å²) in [6, 6.07) is 0. The van der Waals surface area contributed by atoms with Crippen LogP contribution in [0.5, 0.6) is 0 Å². The normalized spacial score (nSPS) is 13.8. The summed E-state index contributed by atoms with van der Waals surface area (Å²) in [5.74, 6) is -0.790. The third-order valence-electron chi connectivity index (χ3n) is 2.62. The molecular weight excluding hydrogens is 240 g/mol. The van der Waals surface area contributed by atoms with Gasteiger partial charge < -0.3 is 10.2 Å². The van der Waals surface area contributed by atoms with E-state index in [0.717, 1.165) is 6.42 Å². The molecule has 0 amide bonds. The molecule has 19 heavy (non-hydrogen) atoms. The van der Waals surface area contributed by atoms with Gasteiger partial charge in [0.2, 0.25) is 0 Å². The molecule has 1 atom stereocenters. The smallest absolute Gasteiger partial charge is 0.303 e. The summed E-state index contributed by atoms with van der Waals surface area (Å²) in [6.07, 6.45) is 16.8. The highest BCUT2D eigenvalue weighted by Gasteiger charge is 1.93. The van der Waals surface area contributed by atoms with Crippen molar-refractivity contribution < 1.29 is 15.0 Å². The van der Waals surface area contributed by atoms with Crippen molar-refractivity contribution in [2.24, 2.45) is 0 Å². The number of unbranched alkanes of at least 4 members (excludes halogenated alkanes) is 3. The van der Waals surface area contributed by atoms with Crippen LogP contribution in [-0.2, 0) is 4.79 Å². The molecule has 3 heteroatoms. The molecule has 0 aliphatic rings. The average molecular weight is 266 g/mol. The van der Waals surface area contributed by atoms with Crippen LogP contribution in [0.2, 0.25) is 0 Å². The molecule has 0 spiro atoms. The zero-order valence-corrected chi connectivity index (χ0v) is 11.8. The molecule has 0 aliphatic carbocycles. The Hall–Kier alpha value is -1.35. The van der Waals surface area contributed by atoms with Gasteiger partial charge in [-0.2, -0.15) is 0 Å². The van der Waals surface area contributed by atoms with Gasteiger partial charge in [-0.25, -0.2) is 0 Å². The number of hydrogen-bond donors (Lipinski definition) is 2. The summed E-state index contributed by atoms with van der Waals surface area (Å²) in [4.78, 5) is 10.3. The number of allylic oxidation sites excluding steroid dienone is 4. The van der Waals surface area contributed by atoms with Gasteiger partial charge in [0.15, 0.2) is 0 Å². The lowest BCUT2D eigenvalue weighted by molar-refractivity contribution is -0.136. The van der Waals surface area contributed by atoms with Crippen LogP contribution in [0.4, 0.5) is 0 Å². The maximum Gasteiger partial charge on any atom is 0.303 e. The number of rotatable bonds is 11. The van der Waals surface area contributed by atoms with Gasteiger partial charge in [0, 0.05) is 6.42 Å². The molecule has 3 nitrogen and oxygen atoms in total. The van der Waals surface area contributed by atoms with Crippen LogP contribution in [0.25, 0.3) is 0 Å². The SMILES string of the molecule is CCCCCC=CC[C@@H](O)/C=C/C=CCCC(=O)O. The lowest BCUT2D eigenvalue weighted by Crippen LogP contribution is -1.98. The summed E-state index contributed by atoms with van der Waals surface area (Å²) < 4.78 is 0. The van der Waals surface area contributed by atoms with E-state index in [0.29, 0.717) is 12.8 Å². The average Bonchev–Trinajstić information content (AvgIpc) is 2.37. The summed E-state index contributed by atoms with van der Waals surface area (Å²) in [7, 11) is 0. The van der Waals surface area contributed by atoms with E-state index in [1.165, 1.54) is 19.3 Å². The fourth-order valence-corrected chi connectivity index (χ4v) is 1.52. The first-order valence-electron chi connectivity index (χ1n) is 7.05. The fourth-order valence-electron chi connectivity index (χ4n) is 1.52. The molecule has 0 aromatic heterocycles. The minimum Gasteiger partial charge on any atom is -0.481 e. The zero-order valence-electron chi connectivity index (χ0n) is 11.8. The lowest BCUT2D eigenvalue weighted by atomic mass is 10.1. The number of aliphatic hydroxyl groups excluding tert-OH is 1. The van der Waals surface area contributed by atoms with Gasteiger partial charge in [-0.05, 0) is 25.7 Å². The third kappa shape index (κ3) is 14.6. The summed E-state index contributed by atoms with van der Waals surface area (Å²) >= 11 is 0. The van der Waals surface area contributed by atoms with E-state index >= 15 is 0 Å². The van der Waals surface area contributed by atoms with E-state index in [9.17, 15) is 9.90 Å². The first-order chi connectivity index (χ1) is 9.16. The monoisotopic (exact) mass is 266 g/mol. The molecule has 0 rings (SSSR count). The van der Waals surface area contributed by atoms with Crippen molar-refractivity contribution >= 4 is 5.97 Å². The maximum absolute atomic E-state index is 10.3. The minimum absolute atomic E-state index is 0.146. The molecule has 0 fully saturated rings. The van der Waals surface area contributed by atoms with Crippen LogP contribution >= 0.6 is 0 Å². The van der Waals surface area contributed by atoms with Crippen molar-refractivity contribution in [3.05, 3.63) is 36.5 Å². The number of hydrogen-bond acceptors (Lipinski definition) is 2. The Morgan fingerprint density at radius 1 is 1.11 bits per heavy atom. The molecule has 0 unspecified atom stereocenters. The molecule has 0 bridgehead atoms. The molecule has 2 N–H and O–H groups in total. The molecule has 0 saturated heterocycles. The van der Waals surface area contributed by atoms with E-state index in [4.69, 9.17) is 5.11 Å². The van der Waals surface area contributed by atoms with E-state index in [1.807, 2.05) is 6.08 Å². The minimum atomic E-state index is -0.790. The van der Waals surface area contributed by atoms with Gasteiger partial charge in [-0.15, -0.1) is 0 Å². The summed E-state index contributed by atoms with van der Waals surface area (Å²) in [5, 5.41) is 18.1. The van der Waals surface area contributed by atoms with E-state index < -0.39 is 12.1 Å². The summed E-state index contributed by atoms with van der Waals surface area (Å²) in [6.45, 7) is 2.18. The topological polar surface area (TPSA) is 57.5 Å². The number of carboxylic acid groups (broad SMARTS) is 1. The molecule has 108 valence electrons. The highest BCUT2D eigenvalue weighted by atomic mass is 16.4. The Bertz CT molecular complexity index is 303. The van der Waals surface area contributed by atoms with Gasteiger partial charge in [-0.3, -0.25) is 4.79 Å². The summed E-state index contributed by atoms with van der Waals surface area (Å²) in [5.41, 5.74) is 0. The predicted molar refractivity (Wildman–Crippen MR) is 79.1 cm³/mol. The standard InChI is InChI=1S/C16H26O3/c1-2-3-4-5-6-9-12-15(17)13-10-7-8-11-14-16(18)19/h6-10,13,15,17H,2-5,11-12,14H2,1H3,(H,18,19)/b8-7?,9-6?,13-10+/t15-/m1/s1. The quantitative estimate of drug-likeness (QED) is 0.339. The second-order valence-corrected chi connectivity index (χ2v) is 4.52. The molecule has 0 radical (unpaired) electrons. The van der Waals surface area contributed by atoms with Gasteiger partial charge in [0.25, 0.3) is 0 Å². The van der Waals surface area contributed by atoms with Crippen LogP contribution < -0.4 is 0 Å². The zero-order chi connectivity index (χ0) is 14.3. The van der Waals surface area contributed by atoms with Crippen molar-refractivity contribution in [3.63, 3.8) is 0 Å². The Balaban J connectivity index is 3.61. The predicted octanol–water partition coefficient (Wildman–Crippen LogP) is 3.85. The van der Waals surface area contributed by atoms with Gasteiger partial charge in [0.05, 0.1) is 6.10 Å². The largest absolute Gasteiger partial charge is 0.481 e. The van der Waals surface area contributed by atoms with Gasteiger partial charge >= 0.3 is 5.97 Å². The van der Waals surface area contributed by atoms with Crippen LogP contribution in [0.1, 0.15) is 51.9 Å². The van der Waals surface area contributed by atoms with Crippen molar-refractivity contribution in [3.8, 4) is 0 Å². The van der Waals surface area contributed by atoms with E-state index in [2.05, 4.69) is 13.0 Å². The number of carbonyl (C=O) groups is 1. The Morgan fingerprint density at radius 2 is 1.89 bits per heavy atom. The first-order valence-corrected chi connectivity index (χ1v) is 7.05. The second kappa shape index (κ2) is 13.1. The number of carboxylic acids is 1. The Kier molecular flexibility index (Phi) is 12.2. The van der Waals surface area contributed by atoms with E-state index in [-0.39, 0.29) is 6.42 Å². The van der Waals surface area contributed by atoms with Crippen molar-refractivity contribution in [1.82, 2.24) is 0 Å². The molecule has 0 aromatic carbocycles. The third-order valence-corrected chi connectivity index (χ3v) is 2.62. The Morgan fingerprint density at radius 3 is 2.58 bits per heavy atom. The van der Waals surface area contributed by atoms with Crippen molar-refractivity contribution in [2.75, 3.05) is 0 Å². The highest BCUT2D eigenvalue weighted by molar-refractivity contribution is 5.66. The maximum atomic E-state index is 10.3. The fraction of sp³-hybridized carbons (Fsp3) is 0.562. The van der Waals surface area contributed by atoms with Crippen molar-refractivity contribution in [2.45, 2.75) is 58.0 Å². The van der Waals surface area contributed by atoms with Crippen LogP contribution in [0, 0.1) is 0 Å². The van der Waals surface area contributed by atoms with E-state index in [1.54, 1.807) is 24.3 Å². The van der Waals surface area contributed by atoms with Gasteiger partial charge in [0.1, 0.15) is 0 Å². The van der Waals surface area contributed by atoms with Crippen LogP contribution in [0.3, 0.4) is 0 Å². The van der Waals surface area contributed by atoms with Crippen molar-refractivity contribution in [1.29, 1.82) is 0 Å². The molecular formula is C16H26O3. The molecule has 0 aliphatic heterocycles.